The Bertz CT molecular complexity index is 185. The summed E-state index contributed by atoms with van der Waals surface area (Å²) in [5.74, 6) is -2.02. The Hall–Kier alpha value is 1.41. The fraction of sp³-hybridized carbons (Fsp3) is 1.00. The quantitative estimate of drug-likeness (QED) is 0.514. The molecule has 0 bridgehead atoms. The molecule has 0 aromatic carbocycles. The van der Waals surface area contributed by atoms with Crippen molar-refractivity contribution < 1.29 is 73.8 Å². The molecule has 1 spiro atoms. The van der Waals surface area contributed by atoms with Gasteiger partial charge < -0.3 is 22.4 Å². The summed E-state index contributed by atoms with van der Waals surface area (Å²) in [6.07, 6.45) is -0.00694. The monoisotopic (exact) mass is 220 g/mol. The van der Waals surface area contributed by atoms with Gasteiger partial charge in [0.25, 0.3) is 0 Å². The average Bonchev–Trinajstić information content (AvgIpc) is 2.27. The Morgan fingerprint density at radius 1 is 1.08 bits per heavy atom. The van der Waals surface area contributed by atoms with Gasteiger partial charge in [-0.05, 0) is 12.8 Å². The number of halogens is 3. The van der Waals surface area contributed by atoms with E-state index in [0.717, 1.165) is 0 Å². The first-order valence-corrected chi connectivity index (χ1v) is 4.00. The van der Waals surface area contributed by atoms with Gasteiger partial charge in [-0.25, -0.2) is 0 Å². The predicted octanol–water partition coefficient (Wildman–Crippen LogP) is -1.26. The van der Waals surface area contributed by atoms with E-state index in [-0.39, 0.29) is 64.2 Å². The Labute approximate surface area is 117 Å². The predicted molar refractivity (Wildman–Crippen MR) is 36.7 cm³/mol. The molecular weight excluding hydrogens is 211 g/mol. The van der Waals surface area contributed by atoms with E-state index in [1.807, 2.05) is 0 Å². The Morgan fingerprint density at radius 2 is 1.54 bits per heavy atom. The topological polar surface area (TPSA) is 18.5 Å². The molecule has 0 aromatic heterocycles. The molecule has 2 fully saturated rings. The largest absolute Gasteiger partial charge is 1.00 e. The molecule has 0 N–H and O–H groups in total. The molecule has 13 heavy (non-hydrogen) atoms. The van der Waals surface area contributed by atoms with Crippen LogP contribution in [0.2, 0.25) is 5.82 Å². The molecule has 0 aromatic rings. The fourth-order valence-corrected chi connectivity index (χ4v) is 1.74. The van der Waals surface area contributed by atoms with Gasteiger partial charge in [0, 0.05) is 0 Å². The third-order valence-corrected chi connectivity index (χ3v) is 2.49. The van der Waals surface area contributed by atoms with Crippen molar-refractivity contribution in [1.82, 2.24) is 0 Å². The molecule has 1 saturated heterocycles. The summed E-state index contributed by atoms with van der Waals surface area (Å²) in [6.45, 7) is -3.83. The summed E-state index contributed by atoms with van der Waals surface area (Å²) in [4.78, 5) is 0. The van der Waals surface area contributed by atoms with Gasteiger partial charge in [0.15, 0.2) is 5.79 Å². The van der Waals surface area contributed by atoms with Crippen LogP contribution in [0.3, 0.4) is 0 Å². The molecule has 0 atom stereocenters. The van der Waals surface area contributed by atoms with Crippen LogP contribution < -0.4 is 51.4 Å². The van der Waals surface area contributed by atoms with Crippen LogP contribution in [0.25, 0.3) is 0 Å². The maximum Gasteiger partial charge on any atom is 1.00 e. The van der Waals surface area contributed by atoms with Crippen LogP contribution in [0.15, 0.2) is 0 Å². The summed E-state index contributed by atoms with van der Waals surface area (Å²) in [5, 5.41) is 0. The molecule has 0 amide bonds. The molecule has 1 saturated carbocycles. The van der Waals surface area contributed by atoms with Crippen molar-refractivity contribution in [3.63, 3.8) is 0 Å². The molecule has 2 nitrogen and oxygen atoms in total. The first-order valence-electron chi connectivity index (χ1n) is 4.00. The van der Waals surface area contributed by atoms with Crippen LogP contribution in [0.1, 0.15) is 12.8 Å². The standard InChI is InChI=1S/C6H9BF3O2.K/c8-7(9,10)5-3-6(4-5)11-1-2-12-6;/h5H,1-4H2;/q-1;+1. The summed E-state index contributed by atoms with van der Waals surface area (Å²) < 4.78 is 46.4. The molecule has 70 valence electrons. The van der Waals surface area contributed by atoms with E-state index in [4.69, 9.17) is 9.47 Å². The van der Waals surface area contributed by atoms with E-state index < -0.39 is 18.6 Å². The van der Waals surface area contributed by atoms with Crippen molar-refractivity contribution >= 4 is 6.98 Å². The van der Waals surface area contributed by atoms with E-state index >= 15 is 0 Å². The number of rotatable bonds is 1. The van der Waals surface area contributed by atoms with Crippen molar-refractivity contribution in [2.75, 3.05) is 13.2 Å². The maximum atomic E-state index is 12.1. The first kappa shape index (κ1) is 12.5. The Balaban J connectivity index is 0.000000845. The van der Waals surface area contributed by atoms with Crippen LogP contribution in [-0.2, 0) is 9.47 Å². The van der Waals surface area contributed by atoms with Crippen molar-refractivity contribution in [3.8, 4) is 0 Å². The van der Waals surface area contributed by atoms with Crippen LogP contribution in [0.5, 0.6) is 0 Å². The second-order valence-corrected chi connectivity index (χ2v) is 3.40. The number of hydrogen-bond donors (Lipinski definition) is 0. The molecule has 1 heterocycles. The average molecular weight is 220 g/mol. The zero-order valence-electron chi connectivity index (χ0n) is 7.43. The van der Waals surface area contributed by atoms with Crippen LogP contribution in [-0.4, -0.2) is 26.0 Å². The van der Waals surface area contributed by atoms with E-state index in [1.54, 1.807) is 0 Å². The minimum absolute atomic E-state index is 0. The van der Waals surface area contributed by atoms with Gasteiger partial charge in [0.1, 0.15) is 0 Å². The minimum Gasteiger partial charge on any atom is -0.449 e. The molecule has 2 aliphatic rings. The summed E-state index contributed by atoms with van der Waals surface area (Å²) >= 11 is 0. The maximum absolute atomic E-state index is 12.1. The van der Waals surface area contributed by atoms with Crippen LogP contribution in [0, 0.1) is 0 Å². The van der Waals surface area contributed by atoms with Gasteiger partial charge in [0.2, 0.25) is 0 Å². The second kappa shape index (κ2) is 4.11. The van der Waals surface area contributed by atoms with E-state index in [1.165, 1.54) is 0 Å². The van der Waals surface area contributed by atoms with Crippen molar-refractivity contribution in [1.29, 1.82) is 0 Å². The Morgan fingerprint density at radius 3 is 1.92 bits per heavy atom. The molecule has 1 aliphatic heterocycles. The first-order chi connectivity index (χ1) is 5.52. The fourth-order valence-electron chi connectivity index (χ4n) is 1.74. The zero-order chi connectivity index (χ0) is 8.82. The molecule has 0 radical (unpaired) electrons. The van der Waals surface area contributed by atoms with Gasteiger partial charge in [-0.2, -0.15) is 0 Å². The van der Waals surface area contributed by atoms with Crippen LogP contribution >= 0.6 is 0 Å². The van der Waals surface area contributed by atoms with Gasteiger partial charge in [-0.15, -0.1) is 0 Å². The number of ether oxygens (including phenoxy) is 2. The van der Waals surface area contributed by atoms with Gasteiger partial charge >= 0.3 is 58.4 Å². The molecule has 0 unspecified atom stereocenters. The zero-order valence-corrected chi connectivity index (χ0v) is 10.6. The SMILES string of the molecule is F[B-](F)(F)C1CC2(C1)OCCO2.[K+]. The third-order valence-electron chi connectivity index (χ3n) is 2.49. The summed E-state index contributed by atoms with van der Waals surface area (Å²) in [6, 6.07) is 0. The molecule has 1 aliphatic carbocycles. The smallest absolute Gasteiger partial charge is 0.449 e. The summed E-state index contributed by atoms with van der Waals surface area (Å²) in [7, 11) is 0. The normalized spacial score (nSPS) is 27.0. The molecule has 2 rings (SSSR count). The molecule has 7 heteroatoms. The van der Waals surface area contributed by atoms with Crippen LogP contribution in [0.4, 0.5) is 12.9 Å². The molecular formula is C6H9BF3KO2. The minimum atomic E-state index is -4.69. The van der Waals surface area contributed by atoms with Crippen molar-refractivity contribution in [3.05, 3.63) is 0 Å². The second-order valence-electron chi connectivity index (χ2n) is 3.40. The van der Waals surface area contributed by atoms with Crippen molar-refractivity contribution in [2.24, 2.45) is 0 Å². The van der Waals surface area contributed by atoms with Gasteiger partial charge in [-0.3, -0.25) is 0 Å². The van der Waals surface area contributed by atoms with E-state index in [0.29, 0.717) is 13.2 Å². The number of hydrogen-bond acceptors (Lipinski definition) is 2. The summed E-state index contributed by atoms with van der Waals surface area (Å²) in [5.41, 5.74) is 0. The van der Waals surface area contributed by atoms with Gasteiger partial charge in [0.05, 0.1) is 13.2 Å². The third kappa shape index (κ3) is 2.50. The Kier molecular flexibility index (Phi) is 3.95. The van der Waals surface area contributed by atoms with Gasteiger partial charge in [-0.1, -0.05) is 5.82 Å². The van der Waals surface area contributed by atoms with E-state index in [9.17, 15) is 12.9 Å². The van der Waals surface area contributed by atoms with Crippen molar-refractivity contribution in [2.45, 2.75) is 24.4 Å². The van der Waals surface area contributed by atoms with E-state index in [2.05, 4.69) is 0 Å².